The van der Waals surface area contributed by atoms with Crippen LogP contribution in [-0.2, 0) is 8.85 Å². The second-order valence-corrected chi connectivity index (χ2v) is 22.8. The molecular formula is C31H50N3O2Si2+. The molecule has 0 amide bonds. The van der Waals surface area contributed by atoms with E-state index in [9.17, 15) is 0 Å². The van der Waals surface area contributed by atoms with Gasteiger partial charge in [-0.2, -0.15) is 0 Å². The Morgan fingerprint density at radius 1 is 0.711 bits per heavy atom. The van der Waals surface area contributed by atoms with Crippen molar-refractivity contribution in [2.45, 2.75) is 89.6 Å². The zero-order valence-corrected chi connectivity index (χ0v) is 26.9. The molecular weight excluding hydrogens is 503 g/mol. The van der Waals surface area contributed by atoms with Gasteiger partial charge in [-0.15, -0.1) is 0 Å². The second kappa shape index (κ2) is 11.3. The lowest BCUT2D eigenvalue weighted by molar-refractivity contribution is -0.542. The van der Waals surface area contributed by atoms with Gasteiger partial charge in [0, 0.05) is 12.8 Å². The van der Waals surface area contributed by atoms with E-state index in [0.717, 1.165) is 38.5 Å². The molecule has 7 heteroatoms. The van der Waals surface area contributed by atoms with Crippen molar-refractivity contribution in [3.05, 3.63) is 60.7 Å². The van der Waals surface area contributed by atoms with Crippen molar-refractivity contribution < 1.29 is 13.4 Å². The predicted octanol–water partition coefficient (Wildman–Crippen LogP) is 4.68. The molecule has 0 radical (unpaired) electrons. The molecule has 2 aromatic carbocycles. The molecule has 2 atom stereocenters. The van der Waals surface area contributed by atoms with Gasteiger partial charge in [0.15, 0.2) is 8.32 Å². The summed E-state index contributed by atoms with van der Waals surface area (Å²) in [6.45, 7) is 22.2. The summed E-state index contributed by atoms with van der Waals surface area (Å²) in [5.74, 6) is 1.15. The van der Waals surface area contributed by atoms with Crippen LogP contribution < -0.4 is 21.0 Å². The highest BCUT2D eigenvalue weighted by molar-refractivity contribution is 6.99. The average Bonchev–Trinajstić information content (AvgIpc) is 2.87. The van der Waals surface area contributed by atoms with E-state index in [-0.39, 0.29) is 16.1 Å². The Morgan fingerprint density at radius 2 is 1.16 bits per heavy atom. The van der Waals surface area contributed by atoms with Crippen LogP contribution in [0.4, 0.5) is 0 Å². The fraction of sp³-hybridized carbons (Fsp3) is 0.581. The molecule has 0 aromatic heterocycles. The van der Waals surface area contributed by atoms with E-state index in [4.69, 9.17) is 8.85 Å². The third-order valence-electron chi connectivity index (χ3n) is 8.86. The third kappa shape index (κ3) is 6.11. The monoisotopic (exact) mass is 552 g/mol. The molecule has 0 spiro atoms. The summed E-state index contributed by atoms with van der Waals surface area (Å²) >= 11 is 0. The fourth-order valence-corrected chi connectivity index (χ4v) is 11.1. The summed E-state index contributed by atoms with van der Waals surface area (Å²) in [6.07, 6.45) is 2.19. The van der Waals surface area contributed by atoms with E-state index in [1.807, 2.05) is 0 Å². The summed E-state index contributed by atoms with van der Waals surface area (Å²) < 4.78 is 16.3. The van der Waals surface area contributed by atoms with Crippen LogP contribution in [0.25, 0.3) is 0 Å². The molecule has 2 aromatic rings. The zero-order valence-electron chi connectivity index (χ0n) is 24.9. The molecule has 0 saturated carbocycles. The van der Waals surface area contributed by atoms with Gasteiger partial charge in [0.2, 0.25) is 0 Å². The van der Waals surface area contributed by atoms with Crippen LogP contribution >= 0.6 is 0 Å². The molecule has 0 aliphatic carbocycles. The van der Waals surface area contributed by atoms with Crippen LogP contribution in [0.5, 0.6) is 0 Å². The maximum absolute atomic E-state index is 7.24. The Balaban J connectivity index is 1.48. The SMILES string of the molecule is CC(C)(C)[Si](C)(C)OC[C@H]1CC[N+]2=C(N1)N[C@@H](CO[Si](c1ccccc1)(c1ccccc1)C(C)(C)C)CC2. The van der Waals surface area contributed by atoms with Gasteiger partial charge >= 0.3 is 5.96 Å². The van der Waals surface area contributed by atoms with Crippen molar-refractivity contribution >= 4 is 33.0 Å². The Bertz CT molecular complexity index is 1050. The van der Waals surface area contributed by atoms with Gasteiger partial charge in [0.25, 0.3) is 8.32 Å². The number of nitrogens with one attached hydrogen (secondary N) is 2. The van der Waals surface area contributed by atoms with E-state index in [0.29, 0.717) is 12.6 Å². The van der Waals surface area contributed by atoms with E-state index in [1.165, 1.54) is 10.4 Å². The number of rotatable bonds is 8. The molecule has 0 bridgehead atoms. The van der Waals surface area contributed by atoms with Crippen molar-refractivity contribution in [3.8, 4) is 0 Å². The van der Waals surface area contributed by atoms with E-state index in [1.54, 1.807) is 0 Å². The van der Waals surface area contributed by atoms with Crippen molar-refractivity contribution in [3.63, 3.8) is 0 Å². The molecule has 2 heterocycles. The van der Waals surface area contributed by atoms with Gasteiger partial charge in [-0.05, 0) is 33.5 Å². The lowest BCUT2D eigenvalue weighted by atomic mass is 10.1. The Labute approximate surface area is 233 Å². The largest absolute Gasteiger partial charge is 0.413 e. The normalized spacial score (nSPS) is 20.9. The fourth-order valence-electron chi connectivity index (χ4n) is 5.48. The molecule has 5 nitrogen and oxygen atoms in total. The van der Waals surface area contributed by atoms with Gasteiger partial charge in [-0.1, -0.05) is 102 Å². The van der Waals surface area contributed by atoms with Crippen molar-refractivity contribution in [2.24, 2.45) is 0 Å². The summed E-state index contributed by atoms with van der Waals surface area (Å²) in [5, 5.41) is 10.5. The van der Waals surface area contributed by atoms with Gasteiger partial charge in [-0.3, -0.25) is 15.2 Å². The molecule has 0 unspecified atom stereocenters. The number of nitrogens with zero attached hydrogens (tertiary/aromatic N) is 1. The van der Waals surface area contributed by atoms with Crippen LogP contribution in [0.2, 0.25) is 23.2 Å². The molecule has 0 saturated heterocycles. The van der Waals surface area contributed by atoms with E-state index >= 15 is 0 Å². The van der Waals surface area contributed by atoms with Crippen LogP contribution in [-0.4, -0.2) is 65.6 Å². The Morgan fingerprint density at radius 3 is 1.58 bits per heavy atom. The molecule has 2 aliphatic heterocycles. The minimum absolute atomic E-state index is 0.0151. The molecule has 2 N–H and O–H groups in total. The number of hydrogen-bond acceptors (Lipinski definition) is 4. The number of guanidine groups is 1. The Kier molecular flexibility index (Phi) is 8.62. The van der Waals surface area contributed by atoms with Crippen LogP contribution in [0.15, 0.2) is 60.7 Å². The van der Waals surface area contributed by atoms with Crippen LogP contribution in [0.3, 0.4) is 0 Å². The number of benzene rings is 2. The summed E-state index contributed by atoms with van der Waals surface area (Å²) in [6, 6.07) is 22.5. The van der Waals surface area contributed by atoms with Crippen LogP contribution in [0.1, 0.15) is 54.4 Å². The Hall–Kier alpha value is -1.94. The lowest BCUT2D eigenvalue weighted by Gasteiger charge is -2.44. The van der Waals surface area contributed by atoms with Gasteiger partial charge in [-0.25, -0.2) is 0 Å². The highest BCUT2D eigenvalue weighted by Gasteiger charge is 2.50. The van der Waals surface area contributed by atoms with E-state index in [2.05, 4.69) is 131 Å². The standard InChI is InChI=1S/C31H49N3O2Si2/c1-30(2,3)37(7,8)35-23-25-19-21-34-22-20-26(33-29(34)32-25)24-36-38(31(4,5)6,27-15-11-9-12-16-27)28-17-13-10-14-18-28/h9-18,25-26H,19-24H2,1-8H3,(H,32,33)/p+1/t25-,26-/m1/s1. The summed E-state index contributed by atoms with van der Waals surface area (Å²) in [4.78, 5) is 0. The molecule has 2 aliphatic rings. The molecule has 0 fully saturated rings. The first kappa shape index (κ1) is 29.1. The summed E-state index contributed by atoms with van der Waals surface area (Å²) in [7, 11) is -4.30. The first-order chi connectivity index (χ1) is 17.8. The quantitative estimate of drug-likeness (QED) is 0.369. The maximum atomic E-state index is 7.24. The lowest BCUT2D eigenvalue weighted by Crippen LogP contribution is -2.68. The average molecular weight is 553 g/mol. The smallest absolute Gasteiger partial charge is 0.346 e. The maximum Gasteiger partial charge on any atom is 0.346 e. The predicted molar refractivity (Wildman–Crippen MR) is 165 cm³/mol. The van der Waals surface area contributed by atoms with Crippen molar-refractivity contribution in [1.29, 1.82) is 0 Å². The molecule has 4 rings (SSSR count). The van der Waals surface area contributed by atoms with Gasteiger partial charge in [0.1, 0.15) is 0 Å². The number of hydrogen-bond donors (Lipinski definition) is 2. The van der Waals surface area contributed by atoms with Gasteiger partial charge in [0.05, 0.1) is 38.4 Å². The minimum atomic E-state index is -2.54. The topological polar surface area (TPSA) is 45.5 Å². The third-order valence-corrected chi connectivity index (χ3v) is 18.4. The zero-order chi connectivity index (χ0) is 27.6. The van der Waals surface area contributed by atoms with Gasteiger partial charge < -0.3 is 8.85 Å². The first-order valence-corrected chi connectivity index (χ1v) is 19.2. The molecule has 208 valence electrons. The van der Waals surface area contributed by atoms with Crippen molar-refractivity contribution in [2.75, 3.05) is 26.3 Å². The van der Waals surface area contributed by atoms with E-state index < -0.39 is 16.6 Å². The minimum Gasteiger partial charge on any atom is -0.413 e. The van der Waals surface area contributed by atoms with Crippen molar-refractivity contribution in [1.82, 2.24) is 10.6 Å². The van der Waals surface area contributed by atoms with Crippen LogP contribution in [0, 0.1) is 0 Å². The highest BCUT2D eigenvalue weighted by Crippen LogP contribution is 2.37. The second-order valence-electron chi connectivity index (χ2n) is 13.6. The summed E-state index contributed by atoms with van der Waals surface area (Å²) in [5.41, 5.74) is 0. The molecule has 38 heavy (non-hydrogen) atoms. The first-order valence-electron chi connectivity index (χ1n) is 14.4. The highest BCUT2D eigenvalue weighted by atomic mass is 28.4.